The summed E-state index contributed by atoms with van der Waals surface area (Å²) in [5.41, 5.74) is 0. The largest absolute Gasteiger partial charge is 0.342 e. The van der Waals surface area contributed by atoms with Crippen LogP contribution in [0.4, 0.5) is 0 Å². The van der Waals surface area contributed by atoms with Crippen molar-refractivity contribution in [2.45, 2.75) is 37.9 Å². The normalized spacial score (nSPS) is 28.0. The van der Waals surface area contributed by atoms with E-state index < -0.39 is 0 Å². The van der Waals surface area contributed by atoms with Gasteiger partial charge in [-0.2, -0.15) is 12.6 Å². The van der Waals surface area contributed by atoms with Crippen molar-refractivity contribution >= 4 is 18.5 Å². The van der Waals surface area contributed by atoms with Crippen LogP contribution in [0.15, 0.2) is 0 Å². The Bertz CT molecular complexity index is 264. The van der Waals surface area contributed by atoms with E-state index >= 15 is 0 Å². The quantitative estimate of drug-likeness (QED) is 0.773. The van der Waals surface area contributed by atoms with Crippen molar-refractivity contribution in [3.8, 4) is 0 Å². The Hall–Kier alpha value is -0.220. The number of piperidine rings is 1. The van der Waals surface area contributed by atoms with Gasteiger partial charge in [-0.1, -0.05) is 6.92 Å². The standard InChI is InChI=1S/C13H24N2OS/c1-2-14-6-3-11(4-7-14)5-8-15-10-12(17)9-13(15)16/h11-12,17H,2-10H2,1H3. The van der Waals surface area contributed by atoms with Crippen molar-refractivity contribution in [1.82, 2.24) is 9.80 Å². The van der Waals surface area contributed by atoms with Gasteiger partial charge in [0, 0.05) is 24.8 Å². The van der Waals surface area contributed by atoms with Gasteiger partial charge in [-0.25, -0.2) is 0 Å². The van der Waals surface area contributed by atoms with E-state index in [4.69, 9.17) is 0 Å². The highest BCUT2D eigenvalue weighted by Crippen LogP contribution is 2.22. The lowest BCUT2D eigenvalue weighted by molar-refractivity contribution is -0.127. The Morgan fingerprint density at radius 2 is 2.06 bits per heavy atom. The second-order valence-corrected chi connectivity index (χ2v) is 6.09. The summed E-state index contributed by atoms with van der Waals surface area (Å²) < 4.78 is 0. The predicted molar refractivity (Wildman–Crippen MR) is 73.4 cm³/mol. The zero-order chi connectivity index (χ0) is 12.3. The average molecular weight is 256 g/mol. The van der Waals surface area contributed by atoms with Crippen LogP contribution in [0.3, 0.4) is 0 Å². The maximum Gasteiger partial charge on any atom is 0.223 e. The van der Waals surface area contributed by atoms with Gasteiger partial charge in [0.25, 0.3) is 0 Å². The highest BCUT2D eigenvalue weighted by atomic mass is 32.1. The molecule has 2 fully saturated rings. The van der Waals surface area contributed by atoms with E-state index in [2.05, 4.69) is 24.5 Å². The smallest absolute Gasteiger partial charge is 0.223 e. The number of carbonyl (C=O) groups is 1. The molecule has 98 valence electrons. The Labute approximate surface area is 110 Å². The monoisotopic (exact) mass is 256 g/mol. The molecular formula is C13H24N2OS. The second kappa shape index (κ2) is 6.10. The topological polar surface area (TPSA) is 23.6 Å². The molecular weight excluding hydrogens is 232 g/mol. The van der Waals surface area contributed by atoms with Gasteiger partial charge in [-0.05, 0) is 44.8 Å². The maximum absolute atomic E-state index is 11.6. The van der Waals surface area contributed by atoms with Crippen LogP contribution in [-0.4, -0.2) is 53.7 Å². The lowest BCUT2D eigenvalue weighted by Crippen LogP contribution is -2.35. The Morgan fingerprint density at radius 1 is 1.35 bits per heavy atom. The van der Waals surface area contributed by atoms with Crippen LogP contribution >= 0.6 is 12.6 Å². The number of amides is 1. The summed E-state index contributed by atoms with van der Waals surface area (Å²) in [6.45, 7) is 7.70. The van der Waals surface area contributed by atoms with Gasteiger partial charge in [0.05, 0.1) is 0 Å². The number of hydrogen-bond donors (Lipinski definition) is 1. The van der Waals surface area contributed by atoms with Gasteiger partial charge >= 0.3 is 0 Å². The number of carbonyl (C=O) groups excluding carboxylic acids is 1. The van der Waals surface area contributed by atoms with Gasteiger partial charge in [0.15, 0.2) is 0 Å². The Balaban J connectivity index is 1.67. The molecule has 0 aromatic carbocycles. The first-order valence-electron chi connectivity index (χ1n) is 6.87. The van der Waals surface area contributed by atoms with Gasteiger partial charge in [0.2, 0.25) is 5.91 Å². The summed E-state index contributed by atoms with van der Waals surface area (Å²) in [5, 5.41) is 0.268. The minimum Gasteiger partial charge on any atom is -0.342 e. The number of nitrogens with zero attached hydrogens (tertiary/aromatic N) is 2. The first-order valence-corrected chi connectivity index (χ1v) is 7.39. The van der Waals surface area contributed by atoms with E-state index in [1.807, 2.05) is 4.90 Å². The molecule has 17 heavy (non-hydrogen) atoms. The predicted octanol–water partition coefficient (Wildman–Crippen LogP) is 1.64. The highest BCUT2D eigenvalue weighted by Gasteiger charge is 2.27. The molecule has 1 amide bonds. The second-order valence-electron chi connectivity index (χ2n) is 5.36. The molecule has 2 saturated heterocycles. The molecule has 1 atom stereocenters. The highest BCUT2D eigenvalue weighted by molar-refractivity contribution is 7.81. The summed E-state index contributed by atoms with van der Waals surface area (Å²) in [5.74, 6) is 1.13. The van der Waals surface area contributed by atoms with E-state index in [1.165, 1.54) is 38.9 Å². The van der Waals surface area contributed by atoms with Crippen LogP contribution < -0.4 is 0 Å². The molecule has 0 spiro atoms. The molecule has 3 nitrogen and oxygen atoms in total. The van der Waals surface area contributed by atoms with Crippen molar-refractivity contribution in [2.24, 2.45) is 5.92 Å². The molecule has 0 aromatic heterocycles. The molecule has 0 N–H and O–H groups in total. The van der Waals surface area contributed by atoms with E-state index in [0.717, 1.165) is 19.0 Å². The minimum absolute atomic E-state index is 0.268. The molecule has 0 aromatic rings. The fourth-order valence-electron chi connectivity index (χ4n) is 2.90. The van der Waals surface area contributed by atoms with Crippen molar-refractivity contribution in [3.63, 3.8) is 0 Å². The third-order valence-electron chi connectivity index (χ3n) is 4.16. The van der Waals surface area contributed by atoms with Gasteiger partial charge < -0.3 is 9.80 Å². The Kier molecular flexibility index (Phi) is 4.74. The molecule has 1 unspecified atom stereocenters. The van der Waals surface area contributed by atoms with Crippen molar-refractivity contribution in [1.29, 1.82) is 0 Å². The number of hydrogen-bond acceptors (Lipinski definition) is 3. The summed E-state index contributed by atoms with van der Waals surface area (Å²) in [7, 11) is 0. The van der Waals surface area contributed by atoms with E-state index in [1.54, 1.807) is 0 Å². The lowest BCUT2D eigenvalue weighted by atomic mass is 9.93. The number of rotatable bonds is 4. The molecule has 2 heterocycles. The molecule has 0 radical (unpaired) electrons. The molecule has 0 saturated carbocycles. The third-order valence-corrected chi connectivity index (χ3v) is 4.50. The zero-order valence-electron chi connectivity index (χ0n) is 10.8. The van der Waals surface area contributed by atoms with Gasteiger partial charge in [0.1, 0.15) is 0 Å². The molecule has 0 bridgehead atoms. The van der Waals surface area contributed by atoms with Crippen LogP contribution in [-0.2, 0) is 4.79 Å². The summed E-state index contributed by atoms with van der Waals surface area (Å²) in [4.78, 5) is 16.1. The first-order chi connectivity index (χ1) is 8.19. The maximum atomic E-state index is 11.6. The van der Waals surface area contributed by atoms with Gasteiger partial charge in [-0.3, -0.25) is 4.79 Å². The molecule has 2 aliphatic heterocycles. The van der Waals surface area contributed by atoms with Crippen LogP contribution in [0, 0.1) is 5.92 Å². The van der Waals surface area contributed by atoms with E-state index in [9.17, 15) is 4.79 Å². The first kappa shape index (κ1) is 13.2. The van der Waals surface area contributed by atoms with Crippen LogP contribution in [0.1, 0.15) is 32.6 Å². The zero-order valence-corrected chi connectivity index (χ0v) is 11.7. The molecule has 4 heteroatoms. The van der Waals surface area contributed by atoms with Crippen LogP contribution in [0.2, 0.25) is 0 Å². The number of thiol groups is 1. The van der Waals surface area contributed by atoms with E-state index in [-0.39, 0.29) is 5.25 Å². The summed E-state index contributed by atoms with van der Waals surface area (Å²) in [6.07, 6.45) is 4.43. The lowest BCUT2D eigenvalue weighted by Gasteiger charge is -2.31. The number of likely N-dealkylation sites (tertiary alicyclic amines) is 2. The molecule has 2 aliphatic rings. The van der Waals surface area contributed by atoms with E-state index in [0.29, 0.717) is 12.3 Å². The fourth-order valence-corrected chi connectivity index (χ4v) is 3.25. The van der Waals surface area contributed by atoms with Crippen molar-refractivity contribution in [3.05, 3.63) is 0 Å². The Morgan fingerprint density at radius 3 is 2.59 bits per heavy atom. The average Bonchev–Trinajstić information content (AvgIpc) is 2.66. The van der Waals surface area contributed by atoms with Gasteiger partial charge in [-0.15, -0.1) is 0 Å². The fraction of sp³-hybridized carbons (Fsp3) is 0.923. The van der Waals surface area contributed by atoms with Crippen molar-refractivity contribution < 1.29 is 4.79 Å². The summed E-state index contributed by atoms with van der Waals surface area (Å²) >= 11 is 4.39. The SMILES string of the molecule is CCN1CCC(CCN2CC(S)CC2=O)CC1. The molecule has 2 rings (SSSR count). The molecule has 0 aliphatic carbocycles. The minimum atomic E-state index is 0.268. The third kappa shape index (κ3) is 3.62. The van der Waals surface area contributed by atoms with Crippen LogP contribution in [0.5, 0.6) is 0 Å². The summed E-state index contributed by atoms with van der Waals surface area (Å²) in [6, 6.07) is 0. The van der Waals surface area contributed by atoms with Crippen molar-refractivity contribution in [2.75, 3.05) is 32.7 Å². The van der Waals surface area contributed by atoms with Crippen LogP contribution in [0.25, 0.3) is 0 Å².